The van der Waals surface area contributed by atoms with Crippen molar-refractivity contribution in [2.24, 2.45) is 0 Å². The molecule has 0 aliphatic heterocycles. The zero-order valence-corrected chi connectivity index (χ0v) is 11.2. The van der Waals surface area contributed by atoms with Gasteiger partial charge in [-0.1, -0.05) is 6.07 Å². The summed E-state index contributed by atoms with van der Waals surface area (Å²) in [6.45, 7) is 0. The third kappa shape index (κ3) is 1.46. The van der Waals surface area contributed by atoms with E-state index < -0.39 is 5.41 Å². The van der Waals surface area contributed by atoms with Crippen LogP contribution in [0, 0.1) is 5.82 Å². The number of ether oxygens (including phenoxy) is 1. The number of carbonyl (C=O) groups excluding carboxylic acids is 1. The van der Waals surface area contributed by atoms with Gasteiger partial charge in [-0.15, -0.1) is 0 Å². The average molecular weight is 274 g/mol. The van der Waals surface area contributed by atoms with Crippen LogP contribution in [-0.4, -0.2) is 22.6 Å². The molecule has 104 valence electrons. The summed E-state index contributed by atoms with van der Waals surface area (Å²) in [4.78, 5) is 16.5. The van der Waals surface area contributed by atoms with Gasteiger partial charge in [0, 0.05) is 6.04 Å². The van der Waals surface area contributed by atoms with Crippen LogP contribution in [0.25, 0.3) is 11.0 Å². The van der Waals surface area contributed by atoms with Gasteiger partial charge in [-0.3, -0.25) is 4.79 Å². The molecule has 1 aromatic heterocycles. The predicted octanol–water partition coefficient (Wildman–Crippen LogP) is 2.71. The summed E-state index contributed by atoms with van der Waals surface area (Å²) < 4.78 is 20.9. The van der Waals surface area contributed by atoms with E-state index in [0.29, 0.717) is 17.4 Å². The first-order valence-corrected chi connectivity index (χ1v) is 6.93. The molecule has 2 aromatic rings. The molecule has 0 saturated heterocycles. The van der Waals surface area contributed by atoms with E-state index in [9.17, 15) is 9.18 Å². The van der Waals surface area contributed by atoms with Gasteiger partial charge in [-0.05, 0) is 37.8 Å². The number of methoxy groups -OCH3 is 1. The van der Waals surface area contributed by atoms with E-state index in [2.05, 4.69) is 9.55 Å². The molecular formula is C15H15FN2O2. The third-order valence-corrected chi connectivity index (χ3v) is 4.34. The quantitative estimate of drug-likeness (QED) is 0.808. The SMILES string of the molecule is COC(=O)C1(c2nc3c(F)cccc3n2C2CC2)CC1. The highest BCUT2D eigenvalue weighted by molar-refractivity contribution is 5.88. The first-order valence-electron chi connectivity index (χ1n) is 6.93. The van der Waals surface area contributed by atoms with Crippen molar-refractivity contribution in [3.63, 3.8) is 0 Å². The number of aromatic nitrogens is 2. The van der Waals surface area contributed by atoms with E-state index in [0.717, 1.165) is 31.2 Å². The number of para-hydroxylation sites is 1. The van der Waals surface area contributed by atoms with Crippen molar-refractivity contribution in [3.05, 3.63) is 29.8 Å². The van der Waals surface area contributed by atoms with Crippen molar-refractivity contribution in [1.29, 1.82) is 0 Å². The number of carbonyl (C=O) groups is 1. The van der Waals surface area contributed by atoms with Gasteiger partial charge >= 0.3 is 5.97 Å². The Balaban J connectivity index is 1.97. The van der Waals surface area contributed by atoms with Crippen molar-refractivity contribution >= 4 is 17.0 Å². The lowest BCUT2D eigenvalue weighted by Crippen LogP contribution is -2.26. The number of hydrogen-bond donors (Lipinski definition) is 0. The smallest absolute Gasteiger partial charge is 0.319 e. The van der Waals surface area contributed by atoms with E-state index >= 15 is 0 Å². The number of rotatable bonds is 3. The molecule has 2 aliphatic carbocycles. The molecule has 0 N–H and O–H groups in total. The Morgan fingerprint density at radius 1 is 1.45 bits per heavy atom. The summed E-state index contributed by atoms with van der Waals surface area (Å²) >= 11 is 0. The number of benzene rings is 1. The Hall–Kier alpha value is -1.91. The van der Waals surface area contributed by atoms with Gasteiger partial charge in [0.25, 0.3) is 0 Å². The first kappa shape index (κ1) is 11.9. The maximum Gasteiger partial charge on any atom is 0.319 e. The number of esters is 1. The second kappa shape index (κ2) is 3.81. The number of halogens is 1. The summed E-state index contributed by atoms with van der Waals surface area (Å²) in [6, 6.07) is 5.33. The second-order valence-corrected chi connectivity index (χ2v) is 5.72. The molecule has 0 spiro atoms. The normalized spacial score (nSPS) is 20.1. The lowest BCUT2D eigenvalue weighted by molar-refractivity contribution is -0.144. The van der Waals surface area contributed by atoms with E-state index in [1.807, 2.05) is 6.07 Å². The molecule has 2 aliphatic rings. The van der Waals surface area contributed by atoms with Crippen LogP contribution in [0.5, 0.6) is 0 Å². The summed E-state index contributed by atoms with van der Waals surface area (Å²) in [7, 11) is 1.40. The maximum absolute atomic E-state index is 14.0. The van der Waals surface area contributed by atoms with Crippen molar-refractivity contribution in [1.82, 2.24) is 9.55 Å². The zero-order chi connectivity index (χ0) is 13.9. The van der Waals surface area contributed by atoms with Gasteiger partial charge in [0.1, 0.15) is 16.8 Å². The summed E-state index contributed by atoms with van der Waals surface area (Å²) in [5, 5.41) is 0. The maximum atomic E-state index is 14.0. The molecule has 2 fully saturated rings. The molecule has 0 bridgehead atoms. The van der Waals surface area contributed by atoms with Crippen LogP contribution in [0.3, 0.4) is 0 Å². The first-order chi connectivity index (χ1) is 9.67. The molecular weight excluding hydrogens is 259 g/mol. The van der Waals surface area contributed by atoms with Crippen LogP contribution in [-0.2, 0) is 14.9 Å². The van der Waals surface area contributed by atoms with Gasteiger partial charge in [0.2, 0.25) is 0 Å². The zero-order valence-electron chi connectivity index (χ0n) is 11.2. The number of nitrogens with zero attached hydrogens (tertiary/aromatic N) is 2. The molecule has 0 amide bonds. The topological polar surface area (TPSA) is 44.1 Å². The van der Waals surface area contributed by atoms with Crippen LogP contribution in [0.15, 0.2) is 18.2 Å². The molecule has 4 nitrogen and oxygen atoms in total. The van der Waals surface area contributed by atoms with E-state index in [1.54, 1.807) is 6.07 Å². The van der Waals surface area contributed by atoms with Crippen LogP contribution < -0.4 is 0 Å². The standard InChI is InChI=1S/C15H15FN2O2/c1-20-14(19)15(7-8-15)13-17-12-10(16)3-2-4-11(12)18(13)9-5-6-9/h2-4,9H,5-8H2,1H3. The minimum atomic E-state index is -0.650. The van der Waals surface area contributed by atoms with Crippen LogP contribution in [0.2, 0.25) is 0 Å². The van der Waals surface area contributed by atoms with Crippen molar-refractivity contribution in [3.8, 4) is 0 Å². The lowest BCUT2D eigenvalue weighted by atomic mass is 10.1. The average Bonchev–Trinajstić information content (AvgIpc) is 3.36. The van der Waals surface area contributed by atoms with Crippen molar-refractivity contribution < 1.29 is 13.9 Å². The lowest BCUT2D eigenvalue weighted by Gasteiger charge is -2.14. The Morgan fingerprint density at radius 2 is 2.20 bits per heavy atom. The minimum absolute atomic E-state index is 0.255. The van der Waals surface area contributed by atoms with Crippen molar-refractivity contribution in [2.75, 3.05) is 7.11 Å². The van der Waals surface area contributed by atoms with E-state index in [1.165, 1.54) is 13.2 Å². The molecule has 1 aromatic carbocycles. The molecule has 1 heterocycles. The number of fused-ring (bicyclic) bond motifs is 1. The number of hydrogen-bond acceptors (Lipinski definition) is 3. The van der Waals surface area contributed by atoms with Crippen LogP contribution >= 0.6 is 0 Å². The fourth-order valence-electron chi connectivity index (χ4n) is 2.96. The molecule has 4 rings (SSSR count). The highest BCUT2D eigenvalue weighted by Crippen LogP contribution is 2.52. The molecule has 2 saturated carbocycles. The van der Waals surface area contributed by atoms with Gasteiger partial charge in [-0.25, -0.2) is 9.37 Å². The Labute approximate surface area is 115 Å². The largest absolute Gasteiger partial charge is 0.468 e. The fraction of sp³-hybridized carbons (Fsp3) is 0.467. The second-order valence-electron chi connectivity index (χ2n) is 5.72. The molecule has 0 radical (unpaired) electrons. The van der Waals surface area contributed by atoms with Gasteiger partial charge in [-0.2, -0.15) is 0 Å². The highest BCUT2D eigenvalue weighted by atomic mass is 19.1. The summed E-state index contributed by atoms with van der Waals surface area (Å²) in [6.07, 6.45) is 3.59. The third-order valence-electron chi connectivity index (χ3n) is 4.34. The van der Waals surface area contributed by atoms with E-state index in [4.69, 9.17) is 4.74 Å². The van der Waals surface area contributed by atoms with Gasteiger partial charge in [0.05, 0.1) is 12.6 Å². The molecule has 0 unspecified atom stereocenters. The summed E-state index contributed by atoms with van der Waals surface area (Å²) in [5.41, 5.74) is 0.505. The predicted molar refractivity (Wildman–Crippen MR) is 70.9 cm³/mol. The Morgan fingerprint density at radius 3 is 2.80 bits per heavy atom. The highest BCUT2D eigenvalue weighted by Gasteiger charge is 2.57. The minimum Gasteiger partial charge on any atom is -0.468 e. The fourth-order valence-corrected chi connectivity index (χ4v) is 2.96. The van der Waals surface area contributed by atoms with Crippen molar-refractivity contribution in [2.45, 2.75) is 37.1 Å². The summed E-state index contributed by atoms with van der Waals surface area (Å²) in [5.74, 6) is 0.103. The van der Waals surface area contributed by atoms with E-state index in [-0.39, 0.29) is 11.8 Å². The van der Waals surface area contributed by atoms with Gasteiger partial charge in [0.15, 0.2) is 5.82 Å². The monoisotopic (exact) mass is 274 g/mol. The molecule has 0 atom stereocenters. The van der Waals surface area contributed by atoms with Crippen LogP contribution in [0.4, 0.5) is 4.39 Å². The Kier molecular flexibility index (Phi) is 2.26. The number of imidazole rings is 1. The van der Waals surface area contributed by atoms with Gasteiger partial charge < -0.3 is 9.30 Å². The molecule has 5 heteroatoms. The molecule has 20 heavy (non-hydrogen) atoms. The Bertz CT molecular complexity index is 714. The van der Waals surface area contributed by atoms with Crippen LogP contribution in [0.1, 0.15) is 37.5 Å².